The van der Waals surface area contributed by atoms with Gasteiger partial charge >= 0.3 is 0 Å². The summed E-state index contributed by atoms with van der Waals surface area (Å²) < 4.78 is 7.56. The number of ether oxygens (including phenoxy) is 1. The molecule has 2 rings (SSSR count). The molecule has 0 bridgehead atoms. The van der Waals surface area contributed by atoms with Gasteiger partial charge in [-0.15, -0.1) is 0 Å². The van der Waals surface area contributed by atoms with E-state index in [-0.39, 0.29) is 0 Å². The Bertz CT molecular complexity index is 630. The Morgan fingerprint density at radius 3 is 2.95 bits per heavy atom. The highest BCUT2D eigenvalue weighted by atomic mass is 35.5. The maximum atomic E-state index is 9.02. The van der Waals surface area contributed by atoms with Gasteiger partial charge in [0.25, 0.3) is 0 Å². The van der Waals surface area contributed by atoms with Crippen molar-refractivity contribution in [3.05, 3.63) is 46.7 Å². The molecule has 20 heavy (non-hydrogen) atoms. The molecule has 5 heteroatoms. The first kappa shape index (κ1) is 14.4. The minimum absolute atomic E-state index is 0.318. The summed E-state index contributed by atoms with van der Waals surface area (Å²) in [5.41, 5.74) is 1.30. The average Bonchev–Trinajstić information content (AvgIpc) is 2.93. The van der Waals surface area contributed by atoms with E-state index in [1.165, 1.54) is 0 Å². The topological polar surface area (TPSA) is 50.8 Å². The van der Waals surface area contributed by atoms with Gasteiger partial charge in [-0.3, -0.25) is 4.68 Å². The highest BCUT2D eigenvalue weighted by molar-refractivity contribution is 6.30. The Hall–Kier alpha value is -1.99. The van der Waals surface area contributed by atoms with Crippen molar-refractivity contribution in [3.8, 4) is 11.8 Å². The number of benzene rings is 1. The van der Waals surface area contributed by atoms with Crippen LogP contribution in [0.4, 0.5) is 0 Å². The third-order valence-electron chi connectivity index (χ3n) is 3.15. The fourth-order valence-electron chi connectivity index (χ4n) is 1.75. The van der Waals surface area contributed by atoms with Crippen molar-refractivity contribution in [2.45, 2.75) is 32.9 Å². The fraction of sp³-hybridized carbons (Fsp3) is 0.333. The van der Waals surface area contributed by atoms with Crippen LogP contribution < -0.4 is 4.74 Å². The van der Waals surface area contributed by atoms with Crippen LogP contribution in [0.3, 0.4) is 0 Å². The molecule has 4 nitrogen and oxygen atoms in total. The van der Waals surface area contributed by atoms with Crippen LogP contribution in [-0.2, 0) is 6.61 Å². The van der Waals surface area contributed by atoms with Gasteiger partial charge in [0.1, 0.15) is 18.4 Å². The van der Waals surface area contributed by atoms with E-state index < -0.39 is 0 Å². The molecule has 0 saturated heterocycles. The van der Waals surface area contributed by atoms with Crippen LogP contribution in [0.25, 0.3) is 0 Å². The maximum absolute atomic E-state index is 9.02. The Kier molecular flexibility index (Phi) is 4.65. The van der Waals surface area contributed by atoms with Crippen molar-refractivity contribution < 1.29 is 4.74 Å². The molecule has 1 aromatic heterocycles. The zero-order valence-corrected chi connectivity index (χ0v) is 12.3. The second-order valence-electron chi connectivity index (χ2n) is 4.59. The van der Waals surface area contributed by atoms with E-state index in [1.54, 1.807) is 18.2 Å². The highest BCUT2D eigenvalue weighted by Gasteiger charge is 2.08. The SMILES string of the molecule is CCC(C)n1ccc(COc2cc(Cl)ccc2C#N)n1. The van der Waals surface area contributed by atoms with E-state index in [9.17, 15) is 0 Å². The number of hydrogen-bond donors (Lipinski definition) is 0. The lowest BCUT2D eigenvalue weighted by Crippen LogP contribution is -2.06. The summed E-state index contributed by atoms with van der Waals surface area (Å²) in [6.07, 6.45) is 2.96. The lowest BCUT2D eigenvalue weighted by Gasteiger charge is -2.09. The van der Waals surface area contributed by atoms with Crippen LogP contribution in [0, 0.1) is 11.3 Å². The van der Waals surface area contributed by atoms with Gasteiger partial charge < -0.3 is 4.74 Å². The molecule has 1 unspecified atom stereocenters. The predicted molar refractivity (Wildman–Crippen MR) is 77.7 cm³/mol. The van der Waals surface area contributed by atoms with Crippen molar-refractivity contribution in [2.24, 2.45) is 0 Å². The van der Waals surface area contributed by atoms with Crippen molar-refractivity contribution in [1.29, 1.82) is 5.26 Å². The van der Waals surface area contributed by atoms with E-state index in [1.807, 2.05) is 16.9 Å². The second kappa shape index (κ2) is 6.44. The summed E-state index contributed by atoms with van der Waals surface area (Å²) in [7, 11) is 0. The summed E-state index contributed by atoms with van der Waals surface area (Å²) in [4.78, 5) is 0. The number of aromatic nitrogens is 2. The summed E-state index contributed by atoms with van der Waals surface area (Å²) in [5.74, 6) is 0.484. The molecular formula is C15H16ClN3O. The summed E-state index contributed by atoms with van der Waals surface area (Å²) in [5, 5.41) is 14.0. The van der Waals surface area contributed by atoms with E-state index in [0.29, 0.717) is 29.0 Å². The molecule has 0 aliphatic carbocycles. The van der Waals surface area contributed by atoms with Gasteiger partial charge in [-0.1, -0.05) is 18.5 Å². The minimum Gasteiger partial charge on any atom is -0.486 e. The Morgan fingerprint density at radius 1 is 1.45 bits per heavy atom. The first-order valence-electron chi connectivity index (χ1n) is 6.50. The van der Waals surface area contributed by atoms with Crippen molar-refractivity contribution in [1.82, 2.24) is 9.78 Å². The number of nitrogens with zero attached hydrogens (tertiary/aromatic N) is 3. The van der Waals surface area contributed by atoms with Crippen LogP contribution in [0.2, 0.25) is 5.02 Å². The van der Waals surface area contributed by atoms with Gasteiger partial charge in [-0.05, 0) is 31.5 Å². The van der Waals surface area contributed by atoms with Gasteiger partial charge in [0.15, 0.2) is 0 Å². The third kappa shape index (κ3) is 3.31. The highest BCUT2D eigenvalue weighted by Crippen LogP contribution is 2.23. The largest absolute Gasteiger partial charge is 0.486 e. The number of rotatable bonds is 5. The Balaban J connectivity index is 2.07. The van der Waals surface area contributed by atoms with E-state index in [2.05, 4.69) is 25.0 Å². The molecule has 0 radical (unpaired) electrons. The summed E-state index contributed by atoms with van der Waals surface area (Å²) in [6, 6.07) is 9.33. The molecule has 1 atom stereocenters. The smallest absolute Gasteiger partial charge is 0.139 e. The monoisotopic (exact) mass is 289 g/mol. The van der Waals surface area contributed by atoms with Crippen LogP contribution >= 0.6 is 11.6 Å². The molecule has 0 aliphatic rings. The summed E-state index contributed by atoms with van der Waals surface area (Å²) >= 11 is 5.91. The zero-order chi connectivity index (χ0) is 14.5. The third-order valence-corrected chi connectivity index (χ3v) is 3.38. The maximum Gasteiger partial charge on any atom is 0.139 e. The lowest BCUT2D eigenvalue weighted by molar-refractivity contribution is 0.297. The van der Waals surface area contributed by atoms with Crippen molar-refractivity contribution >= 4 is 11.6 Å². The quantitative estimate of drug-likeness (QED) is 0.837. The second-order valence-corrected chi connectivity index (χ2v) is 5.02. The van der Waals surface area contributed by atoms with Gasteiger partial charge in [0.2, 0.25) is 0 Å². The average molecular weight is 290 g/mol. The molecule has 0 aliphatic heterocycles. The van der Waals surface area contributed by atoms with Gasteiger partial charge in [0.05, 0.1) is 11.3 Å². The molecule has 1 heterocycles. The van der Waals surface area contributed by atoms with E-state index in [0.717, 1.165) is 12.1 Å². The molecular weight excluding hydrogens is 274 g/mol. The first-order chi connectivity index (χ1) is 9.63. The van der Waals surface area contributed by atoms with Crippen molar-refractivity contribution in [3.63, 3.8) is 0 Å². The van der Waals surface area contributed by atoms with Crippen LogP contribution in [0.15, 0.2) is 30.5 Å². The van der Waals surface area contributed by atoms with E-state index in [4.69, 9.17) is 21.6 Å². The predicted octanol–water partition coefficient (Wildman–Crippen LogP) is 3.96. The van der Waals surface area contributed by atoms with Crippen LogP contribution in [-0.4, -0.2) is 9.78 Å². The molecule has 104 valence electrons. The molecule has 1 aromatic carbocycles. The normalized spacial score (nSPS) is 11.9. The molecule has 2 aromatic rings. The van der Waals surface area contributed by atoms with Crippen LogP contribution in [0.1, 0.15) is 37.6 Å². The number of nitriles is 1. The molecule has 0 saturated carbocycles. The standard InChI is InChI=1S/C15H16ClN3O/c1-3-11(2)19-7-6-14(18-19)10-20-15-8-13(16)5-4-12(15)9-17/h4-8,11H,3,10H2,1-2H3. The molecule has 0 fully saturated rings. The lowest BCUT2D eigenvalue weighted by atomic mass is 10.2. The number of hydrogen-bond acceptors (Lipinski definition) is 3. The van der Waals surface area contributed by atoms with E-state index >= 15 is 0 Å². The zero-order valence-electron chi connectivity index (χ0n) is 11.5. The Morgan fingerprint density at radius 2 is 2.25 bits per heavy atom. The van der Waals surface area contributed by atoms with Gasteiger partial charge in [-0.2, -0.15) is 10.4 Å². The summed E-state index contributed by atoms with van der Waals surface area (Å²) in [6.45, 7) is 4.55. The minimum atomic E-state index is 0.318. The van der Waals surface area contributed by atoms with Gasteiger partial charge in [0, 0.05) is 23.3 Å². The van der Waals surface area contributed by atoms with Gasteiger partial charge in [-0.25, -0.2) is 0 Å². The molecule has 0 N–H and O–H groups in total. The molecule has 0 amide bonds. The molecule has 0 spiro atoms. The van der Waals surface area contributed by atoms with Crippen molar-refractivity contribution in [2.75, 3.05) is 0 Å². The first-order valence-corrected chi connectivity index (χ1v) is 6.88. The number of halogens is 1. The Labute approximate surface area is 123 Å². The van der Waals surface area contributed by atoms with Crippen LogP contribution in [0.5, 0.6) is 5.75 Å². The fourth-order valence-corrected chi connectivity index (χ4v) is 1.91.